The first kappa shape index (κ1) is 20.1. The highest BCUT2D eigenvalue weighted by Gasteiger charge is 2.16. The molecule has 0 fully saturated rings. The third-order valence-electron chi connectivity index (χ3n) is 5.71. The van der Waals surface area contributed by atoms with E-state index in [4.69, 9.17) is 4.98 Å². The zero-order valence-corrected chi connectivity index (χ0v) is 18.0. The van der Waals surface area contributed by atoms with Gasteiger partial charge in [0.2, 0.25) is 5.95 Å². The minimum atomic E-state index is -0.233. The average molecular weight is 425 g/mol. The number of aromatic nitrogens is 4. The molecule has 4 aromatic rings. The molecule has 1 N–H and O–H groups in total. The van der Waals surface area contributed by atoms with Crippen LogP contribution in [0, 0.1) is 0 Å². The van der Waals surface area contributed by atoms with E-state index in [9.17, 15) is 4.79 Å². The van der Waals surface area contributed by atoms with Gasteiger partial charge in [-0.25, -0.2) is 14.6 Å². The zero-order chi connectivity index (χ0) is 22.1. The molecule has 2 aromatic carbocycles. The molecule has 1 aliphatic heterocycles. The lowest BCUT2D eigenvalue weighted by molar-refractivity contribution is 0.313. The molecule has 0 atom stereocenters. The van der Waals surface area contributed by atoms with Crippen LogP contribution in [0.25, 0.3) is 22.2 Å². The molecule has 0 amide bonds. The van der Waals surface area contributed by atoms with Gasteiger partial charge < -0.3 is 10.2 Å². The van der Waals surface area contributed by atoms with Gasteiger partial charge >= 0.3 is 0 Å². The summed E-state index contributed by atoms with van der Waals surface area (Å²) in [7, 11) is 2.13. The lowest BCUT2D eigenvalue weighted by Crippen LogP contribution is -2.26. The summed E-state index contributed by atoms with van der Waals surface area (Å²) in [6, 6.07) is 16.1. The van der Waals surface area contributed by atoms with Gasteiger partial charge in [0, 0.05) is 30.5 Å². The van der Waals surface area contributed by atoms with Crippen molar-refractivity contribution in [2.24, 2.45) is 0 Å². The first-order chi connectivity index (χ1) is 15.6. The zero-order valence-electron chi connectivity index (χ0n) is 18.0. The van der Waals surface area contributed by atoms with E-state index in [-0.39, 0.29) is 5.56 Å². The summed E-state index contributed by atoms with van der Waals surface area (Å²) in [6.45, 7) is 6.05. The van der Waals surface area contributed by atoms with Crippen LogP contribution < -0.4 is 10.9 Å². The maximum Gasteiger partial charge on any atom is 0.278 e. The number of allylic oxidation sites excluding steroid dienone is 1. The maximum atomic E-state index is 12.9. The maximum absolute atomic E-state index is 12.9. The van der Waals surface area contributed by atoms with Crippen molar-refractivity contribution in [1.82, 2.24) is 24.6 Å². The number of fused-ring (bicyclic) bond motifs is 2. The molecule has 0 aliphatic carbocycles. The summed E-state index contributed by atoms with van der Waals surface area (Å²) in [6.07, 6.45) is 4.29. The second kappa shape index (κ2) is 8.36. The van der Waals surface area contributed by atoms with Gasteiger partial charge in [0.25, 0.3) is 5.56 Å². The third-order valence-corrected chi connectivity index (χ3v) is 5.71. The minimum Gasteiger partial charge on any atom is -0.324 e. The summed E-state index contributed by atoms with van der Waals surface area (Å²) in [5.74, 6) is 0.432. The molecule has 0 bridgehead atoms. The number of likely N-dealkylation sites (N-methyl/N-ethyl adjacent to an activating group) is 1. The molecule has 0 unspecified atom stereocenters. The number of hydrogen-bond donors (Lipinski definition) is 1. The second-order valence-electron chi connectivity index (χ2n) is 8.04. The van der Waals surface area contributed by atoms with Crippen LogP contribution >= 0.6 is 0 Å². The van der Waals surface area contributed by atoms with Crippen molar-refractivity contribution in [1.29, 1.82) is 0 Å². The molecule has 0 saturated carbocycles. The normalized spacial score (nSPS) is 13.7. The van der Waals surface area contributed by atoms with Gasteiger partial charge in [-0.05, 0) is 36.7 Å². The van der Waals surface area contributed by atoms with Crippen LogP contribution in [-0.2, 0) is 19.5 Å². The molecule has 0 spiro atoms. The highest BCUT2D eigenvalue weighted by molar-refractivity contribution is 5.90. The molecule has 7 nitrogen and oxygen atoms in total. The predicted octanol–water partition coefficient (Wildman–Crippen LogP) is 3.77. The first-order valence-corrected chi connectivity index (χ1v) is 10.6. The summed E-state index contributed by atoms with van der Waals surface area (Å²) in [5.41, 5.74) is 5.43. The second-order valence-corrected chi connectivity index (χ2v) is 8.04. The molecule has 0 radical (unpaired) electrons. The van der Waals surface area contributed by atoms with Crippen molar-refractivity contribution < 1.29 is 0 Å². The Morgan fingerprint density at radius 3 is 2.81 bits per heavy atom. The summed E-state index contributed by atoms with van der Waals surface area (Å²) >= 11 is 0. The fraction of sp³-hybridized carbons (Fsp3) is 0.200. The Morgan fingerprint density at radius 2 is 2.00 bits per heavy atom. The molecular weight excluding hydrogens is 400 g/mol. The largest absolute Gasteiger partial charge is 0.324 e. The fourth-order valence-electron chi connectivity index (χ4n) is 4.07. The van der Waals surface area contributed by atoms with Gasteiger partial charge in [-0.15, -0.1) is 6.58 Å². The van der Waals surface area contributed by atoms with Gasteiger partial charge in [-0.3, -0.25) is 4.79 Å². The van der Waals surface area contributed by atoms with E-state index in [1.807, 2.05) is 30.3 Å². The van der Waals surface area contributed by atoms with E-state index < -0.39 is 0 Å². The molecule has 1 aliphatic rings. The van der Waals surface area contributed by atoms with E-state index in [1.165, 1.54) is 15.8 Å². The molecule has 7 heteroatoms. The van der Waals surface area contributed by atoms with Crippen LogP contribution in [0.4, 0.5) is 11.6 Å². The monoisotopic (exact) mass is 424 g/mol. The van der Waals surface area contributed by atoms with Crippen molar-refractivity contribution in [3.8, 4) is 11.3 Å². The predicted molar refractivity (Wildman–Crippen MR) is 127 cm³/mol. The van der Waals surface area contributed by atoms with Gasteiger partial charge in [0.05, 0.1) is 11.9 Å². The Kier molecular flexibility index (Phi) is 5.25. The molecule has 2 aromatic heterocycles. The SMILES string of the molecule is C=CCn1nc(-c2ccccc2)c2nc(Nc3ccc4c(c3)CN(C)CC4)ncc2c1=O. The standard InChI is InChI=1S/C25H24N6O/c1-3-12-31-24(32)21-15-26-25(28-23(21)22(29-31)18-7-5-4-6-8-18)27-20-10-9-17-11-13-30(2)16-19(17)14-20/h3-10,14-15H,1,11-13,16H2,2H3,(H,26,27,28). The van der Waals surface area contributed by atoms with E-state index in [1.54, 1.807) is 12.3 Å². The summed E-state index contributed by atoms with van der Waals surface area (Å²) in [4.78, 5) is 24.3. The highest BCUT2D eigenvalue weighted by Crippen LogP contribution is 2.26. The Hall–Kier alpha value is -3.84. The fourth-order valence-corrected chi connectivity index (χ4v) is 4.07. The number of hydrogen-bond acceptors (Lipinski definition) is 6. The molecule has 5 rings (SSSR count). The van der Waals surface area contributed by atoms with Crippen LogP contribution in [0.5, 0.6) is 0 Å². The van der Waals surface area contributed by atoms with Crippen molar-refractivity contribution in [3.63, 3.8) is 0 Å². The number of rotatable bonds is 5. The van der Waals surface area contributed by atoms with Crippen LogP contribution in [0.2, 0.25) is 0 Å². The Bertz CT molecular complexity index is 1360. The van der Waals surface area contributed by atoms with E-state index >= 15 is 0 Å². The molecule has 160 valence electrons. The number of benzene rings is 2. The van der Waals surface area contributed by atoms with Crippen LogP contribution in [-0.4, -0.2) is 38.2 Å². The van der Waals surface area contributed by atoms with Crippen LogP contribution in [0.15, 0.2) is 72.2 Å². The average Bonchev–Trinajstić information content (AvgIpc) is 2.81. The van der Waals surface area contributed by atoms with Crippen molar-refractivity contribution in [3.05, 3.63) is 88.9 Å². The Labute approximate surface area is 186 Å². The van der Waals surface area contributed by atoms with Gasteiger partial charge in [-0.2, -0.15) is 5.10 Å². The number of nitrogens with one attached hydrogen (secondary N) is 1. The van der Waals surface area contributed by atoms with Crippen molar-refractivity contribution in [2.45, 2.75) is 19.5 Å². The van der Waals surface area contributed by atoms with E-state index in [2.05, 4.69) is 52.1 Å². The lowest BCUT2D eigenvalue weighted by Gasteiger charge is -2.25. The number of nitrogens with zero attached hydrogens (tertiary/aromatic N) is 5. The molecular formula is C25H24N6O. The topological polar surface area (TPSA) is 75.9 Å². The molecule has 3 heterocycles. The first-order valence-electron chi connectivity index (χ1n) is 10.6. The molecule has 0 saturated heterocycles. The minimum absolute atomic E-state index is 0.233. The lowest BCUT2D eigenvalue weighted by atomic mass is 9.99. The Balaban J connectivity index is 1.59. The quantitative estimate of drug-likeness (QED) is 0.492. The van der Waals surface area contributed by atoms with Gasteiger partial charge in [0.15, 0.2) is 0 Å². The smallest absolute Gasteiger partial charge is 0.278 e. The van der Waals surface area contributed by atoms with Gasteiger partial charge in [0.1, 0.15) is 11.2 Å². The molecule has 32 heavy (non-hydrogen) atoms. The van der Waals surface area contributed by atoms with Crippen LogP contribution in [0.1, 0.15) is 11.1 Å². The number of anilines is 2. The van der Waals surface area contributed by atoms with E-state index in [0.717, 1.165) is 30.8 Å². The third kappa shape index (κ3) is 3.78. The van der Waals surface area contributed by atoms with E-state index in [0.29, 0.717) is 29.1 Å². The highest BCUT2D eigenvalue weighted by atomic mass is 16.1. The van der Waals surface area contributed by atoms with Gasteiger partial charge in [-0.1, -0.05) is 42.5 Å². The van der Waals surface area contributed by atoms with Crippen LogP contribution in [0.3, 0.4) is 0 Å². The summed E-state index contributed by atoms with van der Waals surface area (Å²) in [5, 5.41) is 8.32. The van der Waals surface area contributed by atoms with Crippen molar-refractivity contribution in [2.75, 3.05) is 18.9 Å². The van der Waals surface area contributed by atoms with Crippen molar-refractivity contribution >= 4 is 22.5 Å². The summed E-state index contributed by atoms with van der Waals surface area (Å²) < 4.78 is 1.40. The Morgan fingerprint density at radius 1 is 1.16 bits per heavy atom.